The first-order chi connectivity index (χ1) is 13.6. The van der Waals surface area contributed by atoms with Crippen LogP contribution >= 0.6 is 0 Å². The highest BCUT2D eigenvalue weighted by Crippen LogP contribution is 2.05. The molecule has 0 saturated heterocycles. The third-order valence-corrected chi connectivity index (χ3v) is 4.30. The number of aryl methyl sites for hydroxylation is 2. The van der Waals surface area contributed by atoms with E-state index in [4.69, 9.17) is 0 Å². The van der Waals surface area contributed by atoms with Crippen molar-refractivity contribution in [3.05, 3.63) is 48.0 Å². The van der Waals surface area contributed by atoms with Crippen molar-refractivity contribution in [2.45, 2.75) is 38.5 Å². The summed E-state index contributed by atoms with van der Waals surface area (Å²) in [4.78, 5) is 23.4. The van der Waals surface area contributed by atoms with Crippen molar-refractivity contribution in [1.82, 2.24) is 20.0 Å². The molecule has 2 rings (SSSR count). The summed E-state index contributed by atoms with van der Waals surface area (Å²) >= 11 is 0. The van der Waals surface area contributed by atoms with E-state index in [0.29, 0.717) is 12.8 Å². The van der Waals surface area contributed by atoms with E-state index in [1.807, 2.05) is 59.9 Å². The Kier molecular flexibility index (Phi) is 8.71. The summed E-state index contributed by atoms with van der Waals surface area (Å²) in [6, 6.07) is 7.66. The molecule has 0 radical (unpaired) electrons. The van der Waals surface area contributed by atoms with Gasteiger partial charge >= 0.3 is 0 Å². The number of carbonyl (C=O) groups is 2. The zero-order valence-corrected chi connectivity index (χ0v) is 16.5. The van der Waals surface area contributed by atoms with Gasteiger partial charge in [0, 0.05) is 39.3 Å². The molecule has 150 valence electrons. The number of aromatic nitrogens is 2. The van der Waals surface area contributed by atoms with Gasteiger partial charge in [0.05, 0.1) is 23.8 Å². The van der Waals surface area contributed by atoms with Gasteiger partial charge in [0.25, 0.3) is 0 Å². The maximum Gasteiger partial charge on any atom is 0.240 e. The minimum Gasteiger partial charge on any atom is -0.350 e. The molecule has 0 atom stereocenters. The van der Waals surface area contributed by atoms with Crippen LogP contribution in [0.25, 0.3) is 0 Å². The van der Waals surface area contributed by atoms with Crippen LogP contribution in [0.15, 0.2) is 46.9 Å². The molecule has 0 unspecified atom stereocenters. The van der Waals surface area contributed by atoms with Gasteiger partial charge in [-0.2, -0.15) is 10.2 Å². The fraction of sp³-hybridized carbons (Fsp3) is 0.400. The standard InChI is InChI=1S/C20H28N6O2/c1-25-13-7-9-17(25)15-21-23-19(27)11-5-3-4-6-12-20(28)24-22-16-18-10-8-14-26(18)2/h7-10,13-16H,3-6,11-12H2,1-2H3,(H,23,27)(H,24,28). The van der Waals surface area contributed by atoms with Crippen molar-refractivity contribution >= 4 is 24.2 Å². The van der Waals surface area contributed by atoms with Gasteiger partial charge in [-0.25, -0.2) is 10.9 Å². The van der Waals surface area contributed by atoms with Crippen molar-refractivity contribution < 1.29 is 9.59 Å². The molecule has 8 nitrogen and oxygen atoms in total. The molecular weight excluding hydrogens is 356 g/mol. The van der Waals surface area contributed by atoms with E-state index in [2.05, 4.69) is 21.1 Å². The first-order valence-corrected chi connectivity index (χ1v) is 9.43. The van der Waals surface area contributed by atoms with Gasteiger partial charge in [-0.3, -0.25) is 9.59 Å². The number of hydrogen-bond acceptors (Lipinski definition) is 4. The van der Waals surface area contributed by atoms with E-state index in [9.17, 15) is 9.59 Å². The summed E-state index contributed by atoms with van der Waals surface area (Å²) < 4.78 is 3.83. The van der Waals surface area contributed by atoms with Crippen molar-refractivity contribution in [1.29, 1.82) is 0 Å². The smallest absolute Gasteiger partial charge is 0.240 e. The number of hydrazone groups is 2. The minimum absolute atomic E-state index is 0.0989. The maximum absolute atomic E-state index is 11.7. The molecule has 2 aromatic rings. The number of rotatable bonds is 11. The summed E-state index contributed by atoms with van der Waals surface area (Å²) in [6.45, 7) is 0. The predicted molar refractivity (Wildman–Crippen MR) is 110 cm³/mol. The summed E-state index contributed by atoms with van der Waals surface area (Å²) in [6.07, 6.45) is 11.3. The van der Waals surface area contributed by atoms with Gasteiger partial charge in [-0.05, 0) is 37.1 Å². The zero-order chi connectivity index (χ0) is 20.2. The Balaban J connectivity index is 1.48. The average Bonchev–Trinajstić information content (AvgIpc) is 3.26. The Labute approximate surface area is 165 Å². The Morgan fingerprint density at radius 2 is 1.25 bits per heavy atom. The van der Waals surface area contributed by atoms with Crippen LogP contribution in [0, 0.1) is 0 Å². The molecule has 8 heteroatoms. The minimum atomic E-state index is -0.0989. The molecule has 2 N–H and O–H groups in total. The lowest BCUT2D eigenvalue weighted by Gasteiger charge is -2.02. The molecule has 0 aliphatic rings. The van der Waals surface area contributed by atoms with Crippen molar-refractivity contribution in [3.63, 3.8) is 0 Å². The fourth-order valence-corrected chi connectivity index (χ4v) is 2.59. The lowest BCUT2D eigenvalue weighted by Crippen LogP contribution is -2.17. The molecule has 2 amide bonds. The molecule has 0 saturated carbocycles. The molecule has 28 heavy (non-hydrogen) atoms. The molecule has 0 aromatic carbocycles. The third-order valence-electron chi connectivity index (χ3n) is 4.30. The lowest BCUT2D eigenvalue weighted by molar-refractivity contribution is -0.122. The SMILES string of the molecule is Cn1cccc1C=NNC(=O)CCCCCCC(=O)NN=Cc1cccn1C. The van der Waals surface area contributed by atoms with Crippen molar-refractivity contribution in [3.8, 4) is 0 Å². The quantitative estimate of drug-likeness (QED) is 0.353. The highest BCUT2D eigenvalue weighted by Gasteiger charge is 2.02. The lowest BCUT2D eigenvalue weighted by atomic mass is 10.1. The van der Waals surface area contributed by atoms with Crippen molar-refractivity contribution in [2.75, 3.05) is 0 Å². The monoisotopic (exact) mass is 384 g/mol. The predicted octanol–water partition coefficient (Wildman–Crippen LogP) is 2.30. The highest BCUT2D eigenvalue weighted by molar-refractivity contribution is 5.81. The van der Waals surface area contributed by atoms with E-state index in [1.165, 1.54) is 0 Å². The molecule has 0 fully saturated rings. The van der Waals surface area contributed by atoms with Gasteiger partial charge < -0.3 is 9.13 Å². The number of unbranched alkanes of at least 4 members (excludes halogenated alkanes) is 3. The van der Waals surface area contributed by atoms with Crippen LogP contribution < -0.4 is 10.9 Å². The van der Waals surface area contributed by atoms with E-state index < -0.39 is 0 Å². The number of amides is 2. The van der Waals surface area contributed by atoms with Crippen LogP contribution in [0.3, 0.4) is 0 Å². The van der Waals surface area contributed by atoms with Crippen LogP contribution in [0.5, 0.6) is 0 Å². The molecule has 0 aliphatic heterocycles. The number of carbonyl (C=O) groups excluding carboxylic acids is 2. The van der Waals surface area contributed by atoms with Crippen LogP contribution in [-0.4, -0.2) is 33.4 Å². The van der Waals surface area contributed by atoms with E-state index in [-0.39, 0.29) is 11.8 Å². The van der Waals surface area contributed by atoms with E-state index >= 15 is 0 Å². The van der Waals surface area contributed by atoms with Gasteiger partial charge in [-0.15, -0.1) is 0 Å². The molecule has 0 bridgehead atoms. The van der Waals surface area contributed by atoms with Crippen LogP contribution in [0.1, 0.15) is 49.9 Å². The molecule has 0 spiro atoms. The van der Waals surface area contributed by atoms with Crippen LogP contribution in [-0.2, 0) is 23.7 Å². The third kappa shape index (κ3) is 7.61. The molecular formula is C20H28N6O2. The second-order valence-corrected chi connectivity index (χ2v) is 6.59. The number of nitrogens with one attached hydrogen (secondary N) is 2. The Morgan fingerprint density at radius 1 is 0.821 bits per heavy atom. The van der Waals surface area contributed by atoms with Crippen molar-refractivity contribution in [2.24, 2.45) is 24.3 Å². The fourth-order valence-electron chi connectivity index (χ4n) is 2.59. The number of nitrogens with zero attached hydrogens (tertiary/aromatic N) is 4. The molecule has 2 aromatic heterocycles. The van der Waals surface area contributed by atoms with Gasteiger partial charge in [-0.1, -0.05) is 12.8 Å². The molecule has 2 heterocycles. The van der Waals surface area contributed by atoms with Gasteiger partial charge in [0.15, 0.2) is 0 Å². The second-order valence-electron chi connectivity index (χ2n) is 6.59. The van der Waals surface area contributed by atoms with E-state index in [0.717, 1.165) is 37.1 Å². The average molecular weight is 384 g/mol. The maximum atomic E-state index is 11.7. The topological polar surface area (TPSA) is 92.8 Å². The molecule has 0 aliphatic carbocycles. The first-order valence-electron chi connectivity index (χ1n) is 9.43. The summed E-state index contributed by atoms with van der Waals surface area (Å²) in [5, 5.41) is 7.90. The van der Waals surface area contributed by atoms with Gasteiger partial charge in [0.2, 0.25) is 11.8 Å². The summed E-state index contributed by atoms with van der Waals surface area (Å²) in [5.74, 6) is -0.198. The summed E-state index contributed by atoms with van der Waals surface area (Å²) in [7, 11) is 3.83. The largest absolute Gasteiger partial charge is 0.350 e. The Bertz CT molecular complexity index is 750. The normalized spacial score (nSPS) is 11.4. The highest BCUT2D eigenvalue weighted by atomic mass is 16.2. The Morgan fingerprint density at radius 3 is 1.61 bits per heavy atom. The first kappa shape index (κ1) is 21.1. The Hall–Kier alpha value is -3.16. The van der Waals surface area contributed by atoms with E-state index in [1.54, 1.807) is 12.4 Å². The van der Waals surface area contributed by atoms with Crippen LogP contribution in [0.2, 0.25) is 0 Å². The number of hydrogen-bond donors (Lipinski definition) is 2. The van der Waals surface area contributed by atoms with Crippen LogP contribution in [0.4, 0.5) is 0 Å². The van der Waals surface area contributed by atoms with Gasteiger partial charge in [0.1, 0.15) is 0 Å². The second kappa shape index (κ2) is 11.5. The summed E-state index contributed by atoms with van der Waals surface area (Å²) in [5.41, 5.74) is 6.91. The zero-order valence-electron chi connectivity index (χ0n) is 16.5.